The first-order valence-corrected chi connectivity index (χ1v) is 21.5. The third-order valence-electron chi connectivity index (χ3n) is 11.9. The van der Waals surface area contributed by atoms with Crippen LogP contribution in [0.3, 0.4) is 0 Å². The zero-order valence-electron chi connectivity index (χ0n) is 35.1. The van der Waals surface area contributed by atoms with Gasteiger partial charge in [0.15, 0.2) is 34.6 Å². The fraction of sp³-hybridized carbons (Fsp3) is 0.429. The highest BCUT2D eigenvalue weighted by Gasteiger charge is 2.29. The Balaban J connectivity index is 0.000000166. The van der Waals surface area contributed by atoms with E-state index in [1.165, 1.54) is 12.4 Å². The van der Waals surface area contributed by atoms with Crippen molar-refractivity contribution < 1.29 is 45.8 Å². The molecule has 1 saturated carbocycles. The Hall–Kier alpha value is -6.82. The van der Waals surface area contributed by atoms with Crippen molar-refractivity contribution in [3.8, 4) is 0 Å². The van der Waals surface area contributed by atoms with Crippen LogP contribution in [0, 0.1) is 34.9 Å². The summed E-state index contributed by atoms with van der Waals surface area (Å²) >= 11 is 0. The highest BCUT2D eigenvalue weighted by atomic mass is 19.2. The minimum atomic E-state index is -1.10. The molecule has 2 aromatic carbocycles. The number of amides is 2. The highest BCUT2D eigenvalue weighted by molar-refractivity contribution is 5.80. The van der Waals surface area contributed by atoms with Gasteiger partial charge in [-0.1, -0.05) is 0 Å². The van der Waals surface area contributed by atoms with E-state index in [9.17, 15) is 41.0 Å². The van der Waals surface area contributed by atoms with Gasteiger partial charge in [-0.05, 0) is 44.9 Å². The van der Waals surface area contributed by atoms with E-state index in [4.69, 9.17) is 4.74 Å². The molecule has 4 aliphatic rings. The number of ether oxygens (including phenoxy) is 1. The normalized spacial score (nSPS) is 22.1. The van der Waals surface area contributed by atoms with Gasteiger partial charge in [-0.3, -0.25) is 18.7 Å². The van der Waals surface area contributed by atoms with E-state index in [1.807, 2.05) is 0 Å². The SMILES string of the molecule is O=C1CC[C@@H](Nc2ncc3nc(Nc4c(F)cc(F)cc4F)n([C@H]4CCOC4)c3n2)CN1.O=C1CC[C@@H](n2c(Nc3c(F)cc(F)cc3F)nc3cnc(NC4CCC(O)CC4)nc32)CN1. The Morgan fingerprint density at radius 1 is 0.606 bits per heavy atom. The summed E-state index contributed by atoms with van der Waals surface area (Å²) in [4.78, 5) is 49.7. The number of nitrogens with zero attached hydrogens (tertiary/aromatic N) is 8. The summed E-state index contributed by atoms with van der Waals surface area (Å²) in [6.07, 6.45) is 8.20. The molecule has 2 amide bonds. The number of fused-ring (bicyclic) bond motifs is 2. The third kappa shape index (κ3) is 9.73. The number of aliphatic hydroxyl groups is 1. The Bertz CT molecular complexity index is 2710. The summed E-state index contributed by atoms with van der Waals surface area (Å²) in [5.74, 6) is -5.47. The van der Waals surface area contributed by atoms with E-state index >= 15 is 0 Å². The van der Waals surface area contributed by atoms with E-state index < -0.39 is 46.3 Å². The van der Waals surface area contributed by atoms with Crippen LogP contribution in [0.4, 0.5) is 61.5 Å². The molecule has 24 heteroatoms. The molecule has 0 radical (unpaired) electrons. The molecule has 348 valence electrons. The predicted octanol–water partition coefficient (Wildman–Crippen LogP) is 5.79. The minimum absolute atomic E-state index is 0.00899. The average molecular weight is 923 g/mol. The van der Waals surface area contributed by atoms with Crippen LogP contribution in [0.2, 0.25) is 0 Å². The lowest BCUT2D eigenvalue weighted by Gasteiger charge is -2.27. The van der Waals surface area contributed by atoms with Gasteiger partial charge in [0.05, 0.1) is 37.2 Å². The van der Waals surface area contributed by atoms with Gasteiger partial charge in [0.1, 0.15) is 34.0 Å². The van der Waals surface area contributed by atoms with Crippen molar-refractivity contribution in [2.45, 2.75) is 88.1 Å². The number of hydrogen-bond acceptors (Lipinski definition) is 14. The van der Waals surface area contributed by atoms with Crippen LogP contribution in [0.25, 0.3) is 22.3 Å². The molecule has 1 aliphatic carbocycles. The van der Waals surface area contributed by atoms with Crippen LogP contribution in [0.15, 0.2) is 36.7 Å². The molecule has 0 bridgehead atoms. The minimum Gasteiger partial charge on any atom is -0.393 e. The Labute approximate surface area is 371 Å². The number of halogens is 6. The van der Waals surface area contributed by atoms with Crippen LogP contribution in [0.1, 0.15) is 69.9 Å². The smallest absolute Gasteiger partial charge is 0.225 e. The maximum Gasteiger partial charge on any atom is 0.225 e. The van der Waals surface area contributed by atoms with Gasteiger partial charge in [-0.15, -0.1) is 0 Å². The highest BCUT2D eigenvalue weighted by Crippen LogP contribution is 2.34. The lowest BCUT2D eigenvalue weighted by Crippen LogP contribution is -2.42. The summed E-state index contributed by atoms with van der Waals surface area (Å²) in [7, 11) is 0. The van der Waals surface area contributed by atoms with Crippen LogP contribution in [-0.2, 0) is 14.3 Å². The molecule has 0 unspecified atom stereocenters. The molecule has 6 aromatic rings. The number of aromatic nitrogens is 8. The molecule has 3 atom stereocenters. The number of imidazole rings is 2. The Morgan fingerprint density at radius 2 is 1.11 bits per heavy atom. The van der Waals surface area contributed by atoms with E-state index in [0.29, 0.717) is 123 Å². The molecule has 4 fully saturated rings. The Kier molecular flexibility index (Phi) is 12.7. The lowest BCUT2D eigenvalue weighted by atomic mass is 9.93. The van der Waals surface area contributed by atoms with Gasteiger partial charge >= 0.3 is 0 Å². The molecule has 3 aliphatic heterocycles. The van der Waals surface area contributed by atoms with E-state index in [0.717, 1.165) is 12.8 Å². The summed E-state index contributed by atoms with van der Waals surface area (Å²) in [5.41, 5.74) is 0.663. The fourth-order valence-electron chi connectivity index (χ4n) is 8.44. The van der Waals surface area contributed by atoms with Crippen molar-refractivity contribution in [2.24, 2.45) is 0 Å². The molecular formula is C42H44F6N14O4. The fourth-order valence-corrected chi connectivity index (χ4v) is 8.44. The van der Waals surface area contributed by atoms with Crippen molar-refractivity contribution in [3.05, 3.63) is 71.6 Å². The van der Waals surface area contributed by atoms with Crippen LogP contribution in [-0.4, -0.2) is 100 Å². The molecule has 18 nitrogen and oxygen atoms in total. The summed E-state index contributed by atoms with van der Waals surface area (Å²) in [6, 6.07) is 2.03. The van der Waals surface area contributed by atoms with Gasteiger partial charge in [-0.2, -0.15) is 9.97 Å². The first-order valence-electron chi connectivity index (χ1n) is 21.5. The van der Waals surface area contributed by atoms with Crippen molar-refractivity contribution in [2.75, 3.05) is 47.6 Å². The van der Waals surface area contributed by atoms with Crippen LogP contribution in [0.5, 0.6) is 0 Å². The summed E-state index contributed by atoms with van der Waals surface area (Å²) in [6.45, 7) is 1.67. The number of benzene rings is 2. The van der Waals surface area contributed by atoms with E-state index in [2.05, 4.69) is 61.8 Å². The number of carbonyl (C=O) groups is 2. The lowest BCUT2D eigenvalue weighted by molar-refractivity contribution is -0.123. The second-order valence-corrected chi connectivity index (χ2v) is 16.5. The monoisotopic (exact) mass is 922 g/mol. The standard InChI is InChI=1S/C22H24F3N7O2.C20H20F3N7O2/c23-11-7-15(24)19(16(25)8-11)30-22-29-17-10-27-21(28-12-1-4-14(33)5-2-12)31-20(17)32(22)13-3-6-18(34)26-9-13;21-10-5-13(22)17(14(23)6-10)28-20-27-15-8-25-19(26-11-1-2-16(31)24-7-11)29-18(15)30(20)12-3-4-32-9-12/h7-8,10,12-14,33H,1-6,9H2,(H,26,34)(H,29,30)(H,27,28,31);5-6,8,11-12H,1-4,7,9H2,(H,24,31)(H,27,28)(H,25,26,29)/t12?,13-,14?;11-,12+/m11/s1. The third-order valence-corrected chi connectivity index (χ3v) is 11.9. The number of hydrogen-bond donors (Lipinski definition) is 7. The van der Waals surface area contributed by atoms with Crippen LogP contribution < -0.4 is 31.9 Å². The zero-order valence-corrected chi connectivity index (χ0v) is 35.1. The molecule has 7 N–H and O–H groups in total. The van der Waals surface area contributed by atoms with Gasteiger partial charge in [0.25, 0.3) is 0 Å². The van der Waals surface area contributed by atoms with Crippen molar-refractivity contribution in [1.82, 2.24) is 49.7 Å². The van der Waals surface area contributed by atoms with E-state index in [-0.39, 0.29) is 60.4 Å². The zero-order chi connectivity index (χ0) is 46.1. The molecule has 66 heavy (non-hydrogen) atoms. The van der Waals surface area contributed by atoms with Gasteiger partial charge in [-0.25, -0.2) is 46.3 Å². The molecular weight excluding hydrogens is 879 g/mol. The number of rotatable bonds is 10. The molecule has 0 spiro atoms. The van der Waals surface area contributed by atoms with Gasteiger partial charge < -0.3 is 41.7 Å². The number of anilines is 6. The number of carbonyl (C=O) groups excluding carboxylic acids is 2. The molecule has 10 rings (SSSR count). The first-order chi connectivity index (χ1) is 31.8. The Morgan fingerprint density at radius 3 is 1.58 bits per heavy atom. The number of aliphatic hydroxyl groups excluding tert-OH is 1. The topological polar surface area (TPSA) is 223 Å². The maximum atomic E-state index is 14.3. The summed E-state index contributed by atoms with van der Waals surface area (Å²) in [5, 5.41) is 27.1. The van der Waals surface area contributed by atoms with Crippen molar-refractivity contribution in [3.63, 3.8) is 0 Å². The molecule has 3 saturated heterocycles. The van der Waals surface area contributed by atoms with Gasteiger partial charge in [0, 0.05) is 68.9 Å². The average Bonchev–Trinajstić information content (AvgIpc) is 4.03. The van der Waals surface area contributed by atoms with E-state index in [1.54, 1.807) is 9.13 Å². The molecule has 7 heterocycles. The second kappa shape index (κ2) is 19.0. The van der Waals surface area contributed by atoms with Crippen LogP contribution >= 0.6 is 0 Å². The first kappa shape index (κ1) is 44.4. The molecule has 4 aromatic heterocycles. The summed E-state index contributed by atoms with van der Waals surface area (Å²) < 4.78 is 92.7. The van der Waals surface area contributed by atoms with Crippen molar-refractivity contribution >= 4 is 69.3 Å². The largest absolute Gasteiger partial charge is 0.393 e. The predicted molar refractivity (Wildman–Crippen MR) is 227 cm³/mol. The maximum absolute atomic E-state index is 14.3. The second-order valence-electron chi connectivity index (χ2n) is 16.5. The number of nitrogens with one attached hydrogen (secondary N) is 6. The number of piperidine rings is 2. The van der Waals surface area contributed by atoms with Gasteiger partial charge in [0.2, 0.25) is 35.6 Å². The quantitative estimate of drug-likeness (QED) is 0.0809. The van der Waals surface area contributed by atoms with Crippen molar-refractivity contribution in [1.29, 1.82) is 0 Å².